The van der Waals surface area contributed by atoms with Crippen LogP contribution < -0.4 is 10.2 Å². The molecule has 0 bridgehead atoms. The highest BCUT2D eigenvalue weighted by Crippen LogP contribution is 2.19. The van der Waals surface area contributed by atoms with Crippen molar-refractivity contribution in [3.8, 4) is 0 Å². The summed E-state index contributed by atoms with van der Waals surface area (Å²) in [7, 11) is 3.55. The smallest absolute Gasteiger partial charge is 0.322 e. The second-order valence-corrected chi connectivity index (χ2v) is 4.64. The lowest BCUT2D eigenvalue weighted by Gasteiger charge is -2.23. The number of likely N-dealkylation sites (N-methyl/N-ethyl adjacent to an activating group) is 2. The van der Waals surface area contributed by atoms with Crippen LogP contribution in [-0.4, -0.2) is 44.0 Å². The minimum Gasteiger partial charge on any atom is -0.480 e. The Bertz CT molecular complexity index is 367. The van der Waals surface area contributed by atoms with Crippen molar-refractivity contribution in [2.45, 2.75) is 10.9 Å². The van der Waals surface area contributed by atoms with E-state index in [0.29, 0.717) is 6.54 Å². The average Bonchev–Trinajstić information content (AvgIpc) is 2.35. The molecule has 94 valence electrons. The van der Waals surface area contributed by atoms with Gasteiger partial charge in [-0.1, -0.05) is 0 Å². The number of nitrogens with one attached hydrogen (secondary N) is 1. The Morgan fingerprint density at radius 1 is 1.47 bits per heavy atom. The molecule has 0 heterocycles. The maximum absolute atomic E-state index is 10.9. The fourth-order valence-electron chi connectivity index (χ4n) is 1.51. The molecule has 0 aliphatic carbocycles. The molecule has 1 aromatic rings. The van der Waals surface area contributed by atoms with E-state index in [0.717, 1.165) is 5.69 Å². The Labute approximate surface area is 106 Å². The number of rotatable bonds is 6. The Morgan fingerprint density at radius 2 is 2.06 bits per heavy atom. The number of nitrogens with zero attached hydrogens (tertiary/aromatic N) is 1. The molecular formula is C12H18N2O2S. The summed E-state index contributed by atoms with van der Waals surface area (Å²) >= 11 is 1.69. The molecule has 0 aliphatic heterocycles. The van der Waals surface area contributed by atoms with E-state index in [1.54, 1.807) is 18.8 Å². The second kappa shape index (κ2) is 6.51. The lowest BCUT2D eigenvalue weighted by Crippen LogP contribution is -2.43. The number of thioether (sulfide) groups is 1. The molecule has 5 heteroatoms. The molecule has 17 heavy (non-hydrogen) atoms. The van der Waals surface area contributed by atoms with E-state index in [-0.39, 0.29) is 0 Å². The van der Waals surface area contributed by atoms with E-state index in [1.165, 1.54) is 4.90 Å². The highest BCUT2D eigenvalue weighted by molar-refractivity contribution is 7.98. The molecule has 1 unspecified atom stereocenters. The number of benzene rings is 1. The lowest BCUT2D eigenvalue weighted by atomic mass is 10.2. The molecule has 1 atom stereocenters. The summed E-state index contributed by atoms with van der Waals surface area (Å²) in [6, 6.07) is 7.51. The number of hydrogen-bond acceptors (Lipinski definition) is 4. The summed E-state index contributed by atoms with van der Waals surface area (Å²) in [5, 5.41) is 11.7. The number of anilines is 1. The molecule has 0 fully saturated rings. The molecular weight excluding hydrogens is 236 g/mol. The SMILES string of the molecule is CNC(CN(C)c1ccc(SC)cc1)C(=O)O. The van der Waals surface area contributed by atoms with E-state index in [2.05, 4.69) is 5.32 Å². The van der Waals surface area contributed by atoms with Gasteiger partial charge in [0, 0.05) is 24.2 Å². The van der Waals surface area contributed by atoms with Crippen molar-refractivity contribution in [2.24, 2.45) is 0 Å². The van der Waals surface area contributed by atoms with Crippen molar-refractivity contribution in [1.29, 1.82) is 0 Å². The minimum absolute atomic E-state index is 0.435. The number of aliphatic carboxylic acids is 1. The molecule has 2 N–H and O–H groups in total. The zero-order valence-corrected chi connectivity index (χ0v) is 11.1. The Kier molecular flexibility index (Phi) is 5.31. The topological polar surface area (TPSA) is 52.6 Å². The normalized spacial score (nSPS) is 12.2. The van der Waals surface area contributed by atoms with Crippen molar-refractivity contribution < 1.29 is 9.90 Å². The Hall–Kier alpha value is -1.20. The highest BCUT2D eigenvalue weighted by atomic mass is 32.2. The summed E-state index contributed by atoms with van der Waals surface area (Å²) in [4.78, 5) is 14.0. The molecule has 0 saturated heterocycles. The number of carbonyl (C=O) groups is 1. The van der Waals surface area contributed by atoms with Crippen LogP contribution in [0.5, 0.6) is 0 Å². The Balaban J connectivity index is 2.68. The predicted molar refractivity (Wildman–Crippen MR) is 72.0 cm³/mol. The maximum Gasteiger partial charge on any atom is 0.322 e. The Morgan fingerprint density at radius 3 is 2.47 bits per heavy atom. The summed E-state index contributed by atoms with van der Waals surface area (Å²) in [6.45, 7) is 0.435. The van der Waals surface area contributed by atoms with Gasteiger partial charge < -0.3 is 15.3 Å². The zero-order valence-electron chi connectivity index (χ0n) is 10.3. The van der Waals surface area contributed by atoms with Crippen molar-refractivity contribution in [3.05, 3.63) is 24.3 Å². The number of carboxylic acids is 1. The molecule has 0 amide bonds. The molecule has 0 saturated carbocycles. The van der Waals surface area contributed by atoms with E-state index in [4.69, 9.17) is 5.11 Å². The summed E-state index contributed by atoms with van der Waals surface area (Å²) in [5.41, 5.74) is 1.02. The van der Waals surface area contributed by atoms with Gasteiger partial charge in [0.05, 0.1) is 0 Å². The van der Waals surface area contributed by atoms with Gasteiger partial charge in [-0.2, -0.15) is 0 Å². The number of carboxylic acid groups (broad SMARTS) is 1. The van der Waals surface area contributed by atoms with Crippen molar-refractivity contribution >= 4 is 23.4 Å². The van der Waals surface area contributed by atoms with Gasteiger partial charge in [-0.15, -0.1) is 11.8 Å². The molecule has 4 nitrogen and oxygen atoms in total. The maximum atomic E-state index is 10.9. The van der Waals surface area contributed by atoms with Crippen LogP contribution in [0.3, 0.4) is 0 Å². The van der Waals surface area contributed by atoms with Crippen LogP contribution in [0, 0.1) is 0 Å². The third kappa shape index (κ3) is 3.94. The first kappa shape index (κ1) is 13.9. The van der Waals surface area contributed by atoms with Crippen LogP contribution in [0.15, 0.2) is 29.2 Å². The minimum atomic E-state index is -0.833. The van der Waals surface area contributed by atoms with Crippen LogP contribution >= 0.6 is 11.8 Å². The van der Waals surface area contributed by atoms with Gasteiger partial charge in [-0.3, -0.25) is 4.79 Å². The van der Waals surface area contributed by atoms with Gasteiger partial charge in [0.15, 0.2) is 0 Å². The van der Waals surface area contributed by atoms with E-state index in [9.17, 15) is 4.79 Å². The predicted octanol–water partition coefficient (Wildman–Crippen LogP) is 1.52. The lowest BCUT2D eigenvalue weighted by molar-refractivity contribution is -0.139. The van der Waals surface area contributed by atoms with Gasteiger partial charge in [0.25, 0.3) is 0 Å². The first-order chi connectivity index (χ1) is 8.08. The van der Waals surface area contributed by atoms with Gasteiger partial charge in [0.2, 0.25) is 0 Å². The highest BCUT2D eigenvalue weighted by Gasteiger charge is 2.17. The third-order valence-corrected chi connectivity index (χ3v) is 3.36. The third-order valence-electron chi connectivity index (χ3n) is 2.62. The van der Waals surface area contributed by atoms with Gasteiger partial charge in [-0.25, -0.2) is 0 Å². The van der Waals surface area contributed by atoms with Gasteiger partial charge >= 0.3 is 5.97 Å². The van der Waals surface area contributed by atoms with Gasteiger partial charge in [-0.05, 0) is 37.6 Å². The largest absolute Gasteiger partial charge is 0.480 e. The first-order valence-electron chi connectivity index (χ1n) is 5.33. The average molecular weight is 254 g/mol. The molecule has 0 aliphatic rings. The monoisotopic (exact) mass is 254 g/mol. The molecule has 1 rings (SSSR count). The van der Waals surface area contributed by atoms with E-state index in [1.807, 2.05) is 42.5 Å². The quantitative estimate of drug-likeness (QED) is 0.754. The fraction of sp³-hybridized carbons (Fsp3) is 0.417. The van der Waals surface area contributed by atoms with Crippen molar-refractivity contribution in [3.63, 3.8) is 0 Å². The van der Waals surface area contributed by atoms with Crippen molar-refractivity contribution in [1.82, 2.24) is 5.32 Å². The van der Waals surface area contributed by atoms with E-state index >= 15 is 0 Å². The standard InChI is InChI=1S/C12H18N2O2S/c1-13-11(12(15)16)8-14(2)9-4-6-10(17-3)7-5-9/h4-7,11,13H,8H2,1-3H3,(H,15,16). The molecule has 0 spiro atoms. The zero-order chi connectivity index (χ0) is 12.8. The van der Waals surface area contributed by atoms with Crippen molar-refractivity contribution in [2.75, 3.05) is 31.8 Å². The van der Waals surface area contributed by atoms with Gasteiger partial charge in [0.1, 0.15) is 6.04 Å². The molecule has 1 aromatic carbocycles. The molecule has 0 radical (unpaired) electrons. The van der Waals surface area contributed by atoms with E-state index < -0.39 is 12.0 Å². The summed E-state index contributed by atoms with van der Waals surface area (Å²) in [6.07, 6.45) is 2.03. The van der Waals surface area contributed by atoms with Crippen LogP contribution in [0.25, 0.3) is 0 Å². The van der Waals surface area contributed by atoms with Crippen LogP contribution in [0.4, 0.5) is 5.69 Å². The summed E-state index contributed by atoms with van der Waals surface area (Å²) < 4.78 is 0. The van der Waals surface area contributed by atoms with Crippen LogP contribution in [0.1, 0.15) is 0 Å². The summed E-state index contributed by atoms with van der Waals surface area (Å²) in [5.74, 6) is -0.833. The second-order valence-electron chi connectivity index (χ2n) is 3.76. The number of hydrogen-bond donors (Lipinski definition) is 2. The molecule has 0 aromatic heterocycles. The first-order valence-corrected chi connectivity index (χ1v) is 6.56. The fourth-order valence-corrected chi connectivity index (χ4v) is 1.92. The van der Waals surface area contributed by atoms with Crippen LogP contribution in [-0.2, 0) is 4.79 Å². The van der Waals surface area contributed by atoms with Crippen LogP contribution in [0.2, 0.25) is 0 Å².